The van der Waals surface area contributed by atoms with Crippen LogP contribution in [-0.2, 0) is 25.9 Å². The highest BCUT2D eigenvalue weighted by Gasteiger charge is 2.29. The molecule has 1 amide bonds. The van der Waals surface area contributed by atoms with Gasteiger partial charge in [0, 0.05) is 30.4 Å². The maximum Gasteiger partial charge on any atom is 0.341 e. The Labute approximate surface area is 178 Å². The summed E-state index contributed by atoms with van der Waals surface area (Å²) in [7, 11) is -3.16. The maximum absolute atomic E-state index is 12.5. The lowest BCUT2D eigenvalue weighted by Gasteiger charge is -2.13. The molecule has 0 aliphatic carbocycles. The van der Waals surface area contributed by atoms with E-state index in [0.29, 0.717) is 18.7 Å². The second-order valence-corrected chi connectivity index (χ2v) is 9.30. The van der Waals surface area contributed by atoms with Crippen LogP contribution in [-0.4, -0.2) is 49.4 Å². The molecule has 1 saturated heterocycles. The van der Waals surface area contributed by atoms with Crippen LogP contribution in [0.4, 0.5) is 11.4 Å². The Balaban J connectivity index is 1.65. The Morgan fingerprint density at radius 1 is 1.16 bits per heavy atom. The quantitative estimate of drug-likeness (QED) is 0.353. The SMILES string of the molecule is O=C(COC(=O)c1cc([N+](=O)[O-])ccc1NCc1ccccc1)N[C@@H]1CCS(=O)(=O)C1. The number of nitro benzene ring substituents is 1. The van der Waals surface area contributed by atoms with Crippen molar-refractivity contribution in [3.63, 3.8) is 0 Å². The summed E-state index contributed by atoms with van der Waals surface area (Å²) in [5.41, 5.74) is 0.881. The summed E-state index contributed by atoms with van der Waals surface area (Å²) < 4.78 is 27.9. The van der Waals surface area contributed by atoms with Crippen LogP contribution in [0.5, 0.6) is 0 Å². The minimum Gasteiger partial charge on any atom is -0.452 e. The summed E-state index contributed by atoms with van der Waals surface area (Å²) >= 11 is 0. The fraction of sp³-hybridized carbons (Fsp3) is 0.300. The van der Waals surface area contributed by atoms with Gasteiger partial charge in [-0.05, 0) is 18.1 Å². The number of hydrogen-bond donors (Lipinski definition) is 2. The van der Waals surface area contributed by atoms with Gasteiger partial charge in [-0.3, -0.25) is 14.9 Å². The van der Waals surface area contributed by atoms with E-state index >= 15 is 0 Å². The number of carbonyl (C=O) groups excluding carboxylic acids is 2. The monoisotopic (exact) mass is 447 g/mol. The third kappa shape index (κ3) is 6.25. The number of ether oxygens (including phenoxy) is 1. The molecule has 2 aromatic carbocycles. The molecule has 11 heteroatoms. The second kappa shape index (κ2) is 9.56. The van der Waals surface area contributed by atoms with Gasteiger partial charge in [-0.2, -0.15) is 0 Å². The first kappa shape index (κ1) is 22.2. The molecule has 31 heavy (non-hydrogen) atoms. The number of anilines is 1. The summed E-state index contributed by atoms with van der Waals surface area (Å²) in [5, 5.41) is 16.7. The molecule has 3 rings (SSSR count). The number of carbonyl (C=O) groups is 2. The molecule has 0 radical (unpaired) electrons. The Kier molecular flexibility index (Phi) is 6.85. The van der Waals surface area contributed by atoms with Gasteiger partial charge < -0.3 is 15.4 Å². The van der Waals surface area contributed by atoms with Gasteiger partial charge in [0.05, 0.1) is 22.0 Å². The van der Waals surface area contributed by atoms with Crippen molar-refractivity contribution in [3.05, 3.63) is 69.8 Å². The van der Waals surface area contributed by atoms with Crippen LogP contribution in [0.2, 0.25) is 0 Å². The first-order chi connectivity index (χ1) is 14.7. The van der Waals surface area contributed by atoms with Crippen LogP contribution in [0.25, 0.3) is 0 Å². The van der Waals surface area contributed by atoms with Gasteiger partial charge in [0.1, 0.15) is 0 Å². The largest absolute Gasteiger partial charge is 0.452 e. The first-order valence-corrected chi connectivity index (χ1v) is 11.3. The molecule has 0 bridgehead atoms. The number of rotatable bonds is 8. The standard InChI is InChI=1S/C20H21N3O7S/c24-19(22-15-8-9-31(28,29)13-15)12-30-20(25)17-10-16(23(26)27)6-7-18(17)21-11-14-4-2-1-3-5-14/h1-7,10,15,21H,8-9,11-13H2,(H,22,24)/t15-/m1/s1. The predicted molar refractivity (Wildman–Crippen MR) is 112 cm³/mol. The topological polar surface area (TPSA) is 145 Å². The third-order valence-electron chi connectivity index (χ3n) is 4.69. The molecular formula is C20H21N3O7S. The molecular weight excluding hydrogens is 426 g/mol. The van der Waals surface area contributed by atoms with Crippen molar-refractivity contribution in [3.8, 4) is 0 Å². The Bertz CT molecular complexity index is 1090. The van der Waals surface area contributed by atoms with Gasteiger partial charge >= 0.3 is 5.97 Å². The van der Waals surface area contributed by atoms with Crippen molar-refractivity contribution in [2.45, 2.75) is 19.0 Å². The summed E-state index contributed by atoms with van der Waals surface area (Å²) in [6.45, 7) is -0.258. The predicted octanol–water partition coefficient (Wildman–Crippen LogP) is 1.67. The van der Waals surface area contributed by atoms with Gasteiger partial charge in [-0.25, -0.2) is 13.2 Å². The van der Waals surface area contributed by atoms with E-state index in [1.807, 2.05) is 30.3 Å². The lowest BCUT2D eigenvalue weighted by Crippen LogP contribution is -2.38. The van der Waals surface area contributed by atoms with Crippen molar-refractivity contribution < 1.29 is 27.7 Å². The number of hydrogen-bond acceptors (Lipinski definition) is 8. The molecule has 1 aliphatic rings. The Hall–Kier alpha value is -3.47. The van der Waals surface area contributed by atoms with Crippen LogP contribution in [0.3, 0.4) is 0 Å². The number of sulfone groups is 1. The smallest absolute Gasteiger partial charge is 0.341 e. The van der Waals surface area contributed by atoms with E-state index in [2.05, 4.69) is 10.6 Å². The summed E-state index contributed by atoms with van der Waals surface area (Å²) in [4.78, 5) is 35.0. The summed E-state index contributed by atoms with van der Waals surface area (Å²) in [6.07, 6.45) is 0.306. The van der Waals surface area contributed by atoms with Crippen molar-refractivity contribution in [1.82, 2.24) is 5.32 Å². The van der Waals surface area contributed by atoms with Gasteiger partial charge in [0.25, 0.3) is 11.6 Å². The lowest BCUT2D eigenvalue weighted by molar-refractivity contribution is -0.384. The molecule has 0 saturated carbocycles. The fourth-order valence-electron chi connectivity index (χ4n) is 3.15. The minimum absolute atomic E-state index is 0.00185. The molecule has 2 aromatic rings. The van der Waals surface area contributed by atoms with E-state index in [1.165, 1.54) is 12.1 Å². The average Bonchev–Trinajstić information content (AvgIpc) is 3.09. The normalized spacial score (nSPS) is 17.0. The van der Waals surface area contributed by atoms with Crippen LogP contribution in [0.1, 0.15) is 22.3 Å². The van der Waals surface area contributed by atoms with Gasteiger partial charge in [-0.15, -0.1) is 0 Å². The molecule has 1 atom stereocenters. The van der Waals surface area contributed by atoms with Crippen LogP contribution < -0.4 is 10.6 Å². The van der Waals surface area contributed by atoms with Crippen LogP contribution in [0.15, 0.2) is 48.5 Å². The zero-order valence-electron chi connectivity index (χ0n) is 16.4. The molecule has 0 spiro atoms. The summed E-state index contributed by atoms with van der Waals surface area (Å²) in [6, 6.07) is 12.6. The number of non-ortho nitro benzene ring substituents is 1. The van der Waals surface area contributed by atoms with E-state index in [-0.39, 0.29) is 22.8 Å². The van der Waals surface area contributed by atoms with Gasteiger partial charge in [-0.1, -0.05) is 30.3 Å². The third-order valence-corrected chi connectivity index (χ3v) is 6.46. The molecule has 10 nitrogen and oxygen atoms in total. The van der Waals surface area contributed by atoms with Crippen molar-refractivity contribution in [2.75, 3.05) is 23.4 Å². The van der Waals surface area contributed by atoms with Crippen LogP contribution in [0, 0.1) is 10.1 Å². The van der Waals surface area contributed by atoms with Gasteiger partial charge in [0.15, 0.2) is 16.4 Å². The molecule has 2 N–H and O–H groups in total. The number of nitro groups is 1. The summed E-state index contributed by atoms with van der Waals surface area (Å²) in [5.74, 6) is -1.69. The molecule has 164 valence electrons. The van der Waals surface area contributed by atoms with E-state index in [4.69, 9.17) is 4.74 Å². The first-order valence-electron chi connectivity index (χ1n) is 9.47. The van der Waals surface area contributed by atoms with Crippen molar-refractivity contribution in [1.29, 1.82) is 0 Å². The molecule has 1 aliphatic heterocycles. The maximum atomic E-state index is 12.5. The zero-order valence-corrected chi connectivity index (χ0v) is 17.3. The number of benzene rings is 2. The van der Waals surface area contributed by atoms with Crippen molar-refractivity contribution >= 4 is 33.1 Å². The number of esters is 1. The number of nitrogens with zero attached hydrogens (tertiary/aromatic N) is 1. The van der Waals surface area contributed by atoms with E-state index in [0.717, 1.165) is 11.6 Å². The zero-order chi connectivity index (χ0) is 22.4. The minimum atomic E-state index is -3.16. The van der Waals surface area contributed by atoms with Crippen LogP contribution >= 0.6 is 0 Å². The fourth-order valence-corrected chi connectivity index (χ4v) is 4.82. The average molecular weight is 447 g/mol. The molecule has 1 fully saturated rings. The van der Waals surface area contributed by atoms with E-state index < -0.39 is 39.3 Å². The Morgan fingerprint density at radius 3 is 2.55 bits per heavy atom. The van der Waals surface area contributed by atoms with Gasteiger partial charge in [0.2, 0.25) is 0 Å². The number of amides is 1. The Morgan fingerprint density at radius 2 is 1.90 bits per heavy atom. The molecule has 0 aromatic heterocycles. The number of nitrogens with one attached hydrogen (secondary N) is 2. The molecule has 0 unspecified atom stereocenters. The second-order valence-electron chi connectivity index (χ2n) is 7.07. The highest BCUT2D eigenvalue weighted by Crippen LogP contribution is 2.24. The lowest BCUT2D eigenvalue weighted by atomic mass is 10.1. The van der Waals surface area contributed by atoms with E-state index in [1.54, 1.807) is 0 Å². The molecule has 1 heterocycles. The highest BCUT2D eigenvalue weighted by molar-refractivity contribution is 7.91. The van der Waals surface area contributed by atoms with Crippen molar-refractivity contribution in [2.24, 2.45) is 0 Å². The van der Waals surface area contributed by atoms with E-state index in [9.17, 15) is 28.1 Å². The highest BCUT2D eigenvalue weighted by atomic mass is 32.2.